The third-order valence-electron chi connectivity index (χ3n) is 3.67. The Kier molecular flexibility index (Phi) is 4.55. The van der Waals surface area contributed by atoms with Crippen molar-refractivity contribution in [3.05, 3.63) is 18.0 Å². The van der Waals surface area contributed by atoms with E-state index >= 15 is 0 Å². The Labute approximate surface area is 113 Å². The molecule has 0 aliphatic carbocycles. The van der Waals surface area contributed by atoms with Gasteiger partial charge in [-0.25, -0.2) is 0 Å². The summed E-state index contributed by atoms with van der Waals surface area (Å²) in [6.45, 7) is 2.73. The molecule has 0 spiro atoms. The molecule has 106 valence electrons. The highest BCUT2D eigenvalue weighted by Crippen LogP contribution is 2.29. The third kappa shape index (κ3) is 3.33. The summed E-state index contributed by atoms with van der Waals surface area (Å²) in [6, 6.07) is 0. The molecule has 6 nitrogen and oxygen atoms in total. The number of ether oxygens (including phenoxy) is 1. The predicted molar refractivity (Wildman–Crippen MR) is 71.5 cm³/mol. The van der Waals surface area contributed by atoms with Gasteiger partial charge in [0.15, 0.2) is 0 Å². The van der Waals surface area contributed by atoms with E-state index in [0.717, 1.165) is 31.5 Å². The Morgan fingerprint density at radius 1 is 1.58 bits per heavy atom. The molecule has 1 aliphatic rings. The van der Waals surface area contributed by atoms with Gasteiger partial charge in [-0.2, -0.15) is 5.10 Å². The van der Waals surface area contributed by atoms with Crippen molar-refractivity contribution < 1.29 is 9.53 Å². The smallest absolute Gasteiger partial charge is 0.228 e. The zero-order valence-electron chi connectivity index (χ0n) is 11.6. The maximum Gasteiger partial charge on any atom is 0.228 e. The topological polar surface area (TPSA) is 68.2 Å². The van der Waals surface area contributed by atoms with Crippen molar-refractivity contribution >= 4 is 5.91 Å². The fourth-order valence-electron chi connectivity index (χ4n) is 2.55. The number of piperidine rings is 1. The van der Waals surface area contributed by atoms with Gasteiger partial charge in [0.05, 0.1) is 18.2 Å². The molecule has 2 heterocycles. The summed E-state index contributed by atoms with van der Waals surface area (Å²) in [5.74, 6) is 0.0831. The normalized spacial score (nSPS) is 18.2. The number of aryl methyl sites for hydroxylation is 1. The molecule has 1 aromatic rings. The van der Waals surface area contributed by atoms with Crippen LogP contribution in [0.25, 0.3) is 0 Å². The molecule has 0 radical (unpaired) electrons. The third-order valence-corrected chi connectivity index (χ3v) is 3.67. The standard InChI is InChI=1S/C13H22N4O2/c1-17-9-11(8-16-17)7-15-12(18)13(10-19-2)3-5-14-6-4-13/h8-9,14H,3-7,10H2,1-2H3,(H,15,18). The zero-order valence-corrected chi connectivity index (χ0v) is 11.6. The van der Waals surface area contributed by atoms with Crippen molar-refractivity contribution in [1.29, 1.82) is 0 Å². The van der Waals surface area contributed by atoms with Crippen molar-refractivity contribution in [3.8, 4) is 0 Å². The maximum absolute atomic E-state index is 12.4. The quantitative estimate of drug-likeness (QED) is 0.790. The molecular weight excluding hydrogens is 244 g/mol. The lowest BCUT2D eigenvalue weighted by Crippen LogP contribution is -2.49. The first-order valence-electron chi connectivity index (χ1n) is 6.62. The monoisotopic (exact) mass is 266 g/mol. The number of amides is 1. The summed E-state index contributed by atoms with van der Waals surface area (Å²) in [4.78, 5) is 12.4. The molecule has 1 amide bonds. The van der Waals surface area contributed by atoms with Gasteiger partial charge in [0.25, 0.3) is 0 Å². The zero-order chi connectivity index (χ0) is 13.7. The maximum atomic E-state index is 12.4. The lowest BCUT2D eigenvalue weighted by Gasteiger charge is -2.35. The Balaban J connectivity index is 1.95. The first-order valence-corrected chi connectivity index (χ1v) is 6.62. The second-order valence-electron chi connectivity index (χ2n) is 5.17. The van der Waals surface area contributed by atoms with E-state index in [4.69, 9.17) is 4.74 Å². The van der Waals surface area contributed by atoms with E-state index in [-0.39, 0.29) is 11.3 Å². The summed E-state index contributed by atoms with van der Waals surface area (Å²) in [5, 5.41) is 10.4. The number of carbonyl (C=O) groups excluding carboxylic acids is 1. The molecule has 0 saturated carbocycles. The highest BCUT2D eigenvalue weighted by molar-refractivity contribution is 5.83. The van der Waals surface area contributed by atoms with Crippen LogP contribution in [0.2, 0.25) is 0 Å². The lowest BCUT2D eigenvalue weighted by molar-refractivity contribution is -0.136. The van der Waals surface area contributed by atoms with E-state index in [2.05, 4.69) is 15.7 Å². The largest absolute Gasteiger partial charge is 0.384 e. The number of carbonyl (C=O) groups is 1. The minimum absolute atomic E-state index is 0.0831. The van der Waals surface area contributed by atoms with Crippen LogP contribution in [-0.2, 0) is 23.1 Å². The van der Waals surface area contributed by atoms with E-state index in [1.807, 2.05) is 13.2 Å². The molecule has 0 atom stereocenters. The van der Waals surface area contributed by atoms with Crippen LogP contribution in [0.4, 0.5) is 0 Å². The van der Waals surface area contributed by atoms with Gasteiger partial charge < -0.3 is 15.4 Å². The van der Waals surface area contributed by atoms with E-state index in [1.54, 1.807) is 18.0 Å². The number of aromatic nitrogens is 2. The molecule has 1 aromatic heterocycles. The number of hydrogen-bond acceptors (Lipinski definition) is 4. The molecule has 2 rings (SSSR count). The van der Waals surface area contributed by atoms with E-state index in [1.165, 1.54) is 0 Å². The minimum Gasteiger partial charge on any atom is -0.384 e. The van der Waals surface area contributed by atoms with Crippen LogP contribution in [-0.4, -0.2) is 42.5 Å². The SMILES string of the molecule is COCC1(C(=O)NCc2cnn(C)c2)CCNCC1. The minimum atomic E-state index is -0.387. The number of hydrogen-bond donors (Lipinski definition) is 2. The first kappa shape index (κ1) is 14.0. The van der Waals surface area contributed by atoms with Crippen LogP contribution in [0.3, 0.4) is 0 Å². The molecule has 2 N–H and O–H groups in total. The second kappa shape index (κ2) is 6.16. The first-order chi connectivity index (χ1) is 9.16. The summed E-state index contributed by atoms with van der Waals surface area (Å²) >= 11 is 0. The van der Waals surface area contributed by atoms with Crippen LogP contribution >= 0.6 is 0 Å². The summed E-state index contributed by atoms with van der Waals surface area (Å²) in [5.41, 5.74) is 0.625. The Morgan fingerprint density at radius 3 is 2.89 bits per heavy atom. The van der Waals surface area contributed by atoms with Crippen LogP contribution in [0, 0.1) is 5.41 Å². The van der Waals surface area contributed by atoms with Crippen LogP contribution in [0.1, 0.15) is 18.4 Å². The van der Waals surface area contributed by atoms with Crippen molar-refractivity contribution in [2.45, 2.75) is 19.4 Å². The van der Waals surface area contributed by atoms with Crippen LogP contribution < -0.4 is 10.6 Å². The van der Waals surface area contributed by atoms with E-state index < -0.39 is 0 Å². The van der Waals surface area contributed by atoms with Gasteiger partial charge in [0, 0.05) is 32.5 Å². The molecule has 1 saturated heterocycles. The average Bonchev–Trinajstić information content (AvgIpc) is 2.83. The predicted octanol–water partition coefficient (Wildman–Crippen LogP) is 0.0525. The number of rotatable bonds is 5. The Morgan fingerprint density at radius 2 is 2.32 bits per heavy atom. The molecule has 1 aliphatic heterocycles. The highest BCUT2D eigenvalue weighted by Gasteiger charge is 2.39. The molecule has 19 heavy (non-hydrogen) atoms. The fourth-order valence-corrected chi connectivity index (χ4v) is 2.55. The van der Waals surface area contributed by atoms with Gasteiger partial charge in [0.2, 0.25) is 5.91 Å². The molecule has 6 heteroatoms. The van der Waals surface area contributed by atoms with Crippen molar-refractivity contribution in [2.24, 2.45) is 12.5 Å². The van der Waals surface area contributed by atoms with Gasteiger partial charge in [-0.15, -0.1) is 0 Å². The Hall–Kier alpha value is -1.40. The molecule has 0 bridgehead atoms. The van der Waals surface area contributed by atoms with Gasteiger partial charge in [-0.1, -0.05) is 0 Å². The van der Waals surface area contributed by atoms with Crippen molar-refractivity contribution in [1.82, 2.24) is 20.4 Å². The van der Waals surface area contributed by atoms with Gasteiger partial charge in [0.1, 0.15) is 0 Å². The lowest BCUT2D eigenvalue weighted by atomic mass is 9.78. The molecule has 0 unspecified atom stereocenters. The number of nitrogens with zero attached hydrogens (tertiary/aromatic N) is 2. The van der Waals surface area contributed by atoms with E-state index in [9.17, 15) is 4.79 Å². The van der Waals surface area contributed by atoms with Crippen molar-refractivity contribution in [2.75, 3.05) is 26.8 Å². The summed E-state index contributed by atoms with van der Waals surface area (Å²) in [6.07, 6.45) is 5.32. The van der Waals surface area contributed by atoms with Crippen LogP contribution in [0.5, 0.6) is 0 Å². The second-order valence-corrected chi connectivity index (χ2v) is 5.17. The number of methoxy groups -OCH3 is 1. The molecular formula is C13H22N4O2. The van der Waals surface area contributed by atoms with Gasteiger partial charge >= 0.3 is 0 Å². The van der Waals surface area contributed by atoms with E-state index in [0.29, 0.717) is 13.2 Å². The molecule has 1 fully saturated rings. The summed E-state index contributed by atoms with van der Waals surface area (Å²) < 4.78 is 6.99. The summed E-state index contributed by atoms with van der Waals surface area (Å²) in [7, 11) is 3.52. The van der Waals surface area contributed by atoms with Gasteiger partial charge in [-0.3, -0.25) is 9.48 Å². The van der Waals surface area contributed by atoms with Crippen LogP contribution in [0.15, 0.2) is 12.4 Å². The molecule has 0 aromatic carbocycles. The number of nitrogens with one attached hydrogen (secondary N) is 2. The van der Waals surface area contributed by atoms with Gasteiger partial charge in [-0.05, 0) is 25.9 Å². The highest BCUT2D eigenvalue weighted by atomic mass is 16.5. The fraction of sp³-hybridized carbons (Fsp3) is 0.692. The Bertz CT molecular complexity index is 419. The average molecular weight is 266 g/mol. The van der Waals surface area contributed by atoms with Crippen molar-refractivity contribution in [3.63, 3.8) is 0 Å².